The Morgan fingerprint density at radius 3 is 2.54 bits per heavy atom. The van der Waals surface area contributed by atoms with Crippen LogP contribution in [-0.4, -0.2) is 73.9 Å². The minimum Gasteiger partial charge on any atom is -0.495 e. The summed E-state index contributed by atoms with van der Waals surface area (Å²) in [6.07, 6.45) is -3.12. The molecule has 2 aromatic rings. The summed E-state index contributed by atoms with van der Waals surface area (Å²) < 4.78 is 44.6. The standard InChI is InChI=1S/C23H26F3N5O4/c1-30-9-10-31(23(34)27-18-5-3-4-6-19(18)35-2)16(13-30)11-14-7-8-15(12-17(14)24)21(32)28-29-22(33)20(25)26/h3-8,12,16,20H,9-11,13H2,1-2H3,(H,27,34)(H,28,32)(H,29,33). The number of hydrogen-bond donors (Lipinski definition) is 3. The normalized spacial score (nSPS) is 16.1. The second-order valence-electron chi connectivity index (χ2n) is 7.99. The fourth-order valence-electron chi connectivity index (χ4n) is 3.74. The van der Waals surface area contributed by atoms with Crippen LogP contribution in [0.2, 0.25) is 0 Å². The number of ether oxygens (including phenoxy) is 1. The lowest BCUT2D eigenvalue weighted by molar-refractivity contribution is -0.132. The van der Waals surface area contributed by atoms with E-state index in [0.29, 0.717) is 31.1 Å². The summed E-state index contributed by atoms with van der Waals surface area (Å²) in [4.78, 5) is 39.6. The van der Waals surface area contributed by atoms with E-state index in [1.54, 1.807) is 40.0 Å². The number of alkyl halides is 2. The van der Waals surface area contributed by atoms with E-state index in [9.17, 15) is 27.6 Å². The monoisotopic (exact) mass is 493 g/mol. The molecule has 0 aliphatic carbocycles. The lowest BCUT2D eigenvalue weighted by atomic mass is 10.0. The van der Waals surface area contributed by atoms with Crippen LogP contribution < -0.4 is 20.9 Å². The number of piperazine rings is 1. The van der Waals surface area contributed by atoms with Crippen LogP contribution in [0, 0.1) is 5.82 Å². The molecule has 0 aromatic heterocycles. The number of halogens is 3. The Morgan fingerprint density at radius 1 is 1.11 bits per heavy atom. The number of nitrogens with zero attached hydrogens (tertiary/aromatic N) is 2. The molecule has 2 aromatic carbocycles. The van der Waals surface area contributed by atoms with Crippen LogP contribution in [0.5, 0.6) is 5.75 Å². The smallest absolute Gasteiger partial charge is 0.322 e. The number of hydrazine groups is 1. The molecule has 1 aliphatic rings. The highest BCUT2D eigenvalue weighted by atomic mass is 19.3. The number of nitrogens with one attached hydrogen (secondary N) is 3. The highest BCUT2D eigenvalue weighted by Crippen LogP contribution is 2.25. The quantitative estimate of drug-likeness (QED) is 0.536. The number of carbonyl (C=O) groups excluding carboxylic acids is 3. The number of urea groups is 1. The van der Waals surface area contributed by atoms with Gasteiger partial charge in [0.2, 0.25) is 0 Å². The first-order valence-electron chi connectivity index (χ1n) is 10.8. The predicted molar refractivity (Wildman–Crippen MR) is 122 cm³/mol. The van der Waals surface area contributed by atoms with Crippen molar-refractivity contribution in [2.24, 2.45) is 0 Å². The Balaban J connectivity index is 1.70. The van der Waals surface area contributed by atoms with E-state index < -0.39 is 24.1 Å². The molecule has 4 amide bonds. The van der Waals surface area contributed by atoms with E-state index in [1.165, 1.54) is 19.2 Å². The van der Waals surface area contributed by atoms with Crippen molar-refractivity contribution in [2.45, 2.75) is 18.9 Å². The van der Waals surface area contributed by atoms with Crippen molar-refractivity contribution in [3.05, 3.63) is 59.4 Å². The van der Waals surface area contributed by atoms with Crippen LogP contribution >= 0.6 is 0 Å². The minimum atomic E-state index is -3.30. The molecular formula is C23H26F3N5O4. The summed E-state index contributed by atoms with van der Waals surface area (Å²) in [5.41, 5.74) is 3.98. The maximum Gasteiger partial charge on any atom is 0.322 e. The molecule has 1 aliphatic heterocycles. The zero-order chi connectivity index (χ0) is 25.5. The van der Waals surface area contributed by atoms with Crippen molar-refractivity contribution in [1.82, 2.24) is 20.7 Å². The number of benzene rings is 2. The van der Waals surface area contributed by atoms with Crippen LogP contribution in [0.1, 0.15) is 15.9 Å². The van der Waals surface area contributed by atoms with Gasteiger partial charge in [-0.25, -0.2) is 9.18 Å². The van der Waals surface area contributed by atoms with Gasteiger partial charge >= 0.3 is 18.4 Å². The average molecular weight is 493 g/mol. The number of carbonyl (C=O) groups is 3. The number of rotatable bonds is 6. The van der Waals surface area contributed by atoms with Gasteiger partial charge < -0.3 is 19.9 Å². The average Bonchev–Trinajstić information content (AvgIpc) is 2.83. The van der Waals surface area contributed by atoms with Crippen molar-refractivity contribution >= 4 is 23.5 Å². The molecule has 3 N–H and O–H groups in total. The van der Waals surface area contributed by atoms with Crippen LogP contribution in [0.3, 0.4) is 0 Å². The van der Waals surface area contributed by atoms with Gasteiger partial charge in [-0.1, -0.05) is 18.2 Å². The lowest BCUT2D eigenvalue weighted by Crippen LogP contribution is -2.56. The number of amides is 4. The second-order valence-corrected chi connectivity index (χ2v) is 7.99. The van der Waals surface area contributed by atoms with Crippen molar-refractivity contribution in [3.63, 3.8) is 0 Å². The van der Waals surface area contributed by atoms with E-state index >= 15 is 0 Å². The minimum absolute atomic E-state index is 0.160. The SMILES string of the molecule is COc1ccccc1NC(=O)N1CCN(C)CC1Cc1ccc(C(=O)NNC(=O)C(F)F)cc1F. The molecule has 0 spiro atoms. The third-order valence-electron chi connectivity index (χ3n) is 5.56. The number of para-hydroxylation sites is 2. The van der Waals surface area contributed by atoms with E-state index in [0.717, 1.165) is 6.07 Å². The van der Waals surface area contributed by atoms with Gasteiger partial charge in [-0.05, 0) is 43.3 Å². The van der Waals surface area contributed by atoms with Gasteiger partial charge in [0.05, 0.1) is 18.8 Å². The van der Waals surface area contributed by atoms with E-state index in [4.69, 9.17) is 4.74 Å². The van der Waals surface area contributed by atoms with E-state index in [-0.39, 0.29) is 29.6 Å². The fraction of sp³-hybridized carbons (Fsp3) is 0.348. The van der Waals surface area contributed by atoms with Gasteiger partial charge in [0.1, 0.15) is 11.6 Å². The Hall–Kier alpha value is -3.80. The summed E-state index contributed by atoms with van der Waals surface area (Å²) >= 11 is 0. The molecule has 9 nitrogen and oxygen atoms in total. The molecule has 0 bridgehead atoms. The van der Waals surface area contributed by atoms with Crippen LogP contribution in [0.15, 0.2) is 42.5 Å². The number of anilines is 1. The molecule has 0 radical (unpaired) electrons. The van der Waals surface area contributed by atoms with Crippen molar-refractivity contribution in [1.29, 1.82) is 0 Å². The van der Waals surface area contributed by atoms with Crippen molar-refractivity contribution in [3.8, 4) is 5.75 Å². The molecule has 188 valence electrons. The molecule has 35 heavy (non-hydrogen) atoms. The van der Waals surface area contributed by atoms with Crippen LogP contribution in [0.4, 0.5) is 23.7 Å². The molecule has 1 atom stereocenters. The first-order chi connectivity index (χ1) is 16.7. The summed E-state index contributed by atoms with van der Waals surface area (Å²) in [5.74, 6) is -2.81. The van der Waals surface area contributed by atoms with Gasteiger partial charge in [0, 0.05) is 25.2 Å². The fourth-order valence-corrected chi connectivity index (χ4v) is 3.74. The van der Waals surface area contributed by atoms with E-state index in [2.05, 4.69) is 5.32 Å². The molecule has 1 fully saturated rings. The first-order valence-corrected chi connectivity index (χ1v) is 10.8. The number of hydrogen-bond acceptors (Lipinski definition) is 5. The maximum atomic E-state index is 14.8. The summed E-state index contributed by atoms with van der Waals surface area (Å²) in [6.45, 7) is 1.57. The second kappa shape index (κ2) is 11.6. The first kappa shape index (κ1) is 25.8. The molecular weight excluding hydrogens is 467 g/mol. The summed E-state index contributed by atoms with van der Waals surface area (Å²) in [7, 11) is 3.41. The lowest BCUT2D eigenvalue weighted by Gasteiger charge is -2.40. The largest absolute Gasteiger partial charge is 0.495 e. The molecule has 12 heteroatoms. The van der Waals surface area contributed by atoms with E-state index in [1.807, 2.05) is 11.9 Å². The van der Waals surface area contributed by atoms with Gasteiger partial charge in [0.15, 0.2) is 0 Å². The van der Waals surface area contributed by atoms with Gasteiger partial charge in [-0.3, -0.25) is 20.4 Å². The Morgan fingerprint density at radius 2 is 1.86 bits per heavy atom. The highest BCUT2D eigenvalue weighted by Gasteiger charge is 2.30. The molecule has 0 saturated carbocycles. The zero-order valence-electron chi connectivity index (χ0n) is 19.2. The summed E-state index contributed by atoms with van der Waals surface area (Å²) in [5, 5.41) is 2.84. The van der Waals surface area contributed by atoms with Crippen molar-refractivity contribution < 1.29 is 32.3 Å². The molecule has 1 unspecified atom stereocenters. The number of likely N-dealkylation sites (N-methyl/N-ethyl adjacent to an activating group) is 1. The Labute approximate surface area is 200 Å². The van der Waals surface area contributed by atoms with Gasteiger partial charge in [-0.15, -0.1) is 0 Å². The van der Waals surface area contributed by atoms with Gasteiger partial charge in [0.25, 0.3) is 5.91 Å². The third-order valence-corrected chi connectivity index (χ3v) is 5.56. The van der Waals surface area contributed by atoms with Crippen LogP contribution in [-0.2, 0) is 11.2 Å². The number of methoxy groups -OCH3 is 1. The zero-order valence-corrected chi connectivity index (χ0v) is 19.2. The molecule has 1 saturated heterocycles. The van der Waals surface area contributed by atoms with Gasteiger partial charge in [-0.2, -0.15) is 8.78 Å². The maximum absolute atomic E-state index is 14.8. The Bertz CT molecular complexity index is 1080. The highest BCUT2D eigenvalue weighted by molar-refractivity contribution is 5.95. The molecule has 3 rings (SSSR count). The van der Waals surface area contributed by atoms with Crippen LogP contribution in [0.25, 0.3) is 0 Å². The molecule has 1 heterocycles. The predicted octanol–water partition coefficient (Wildman–Crippen LogP) is 2.25. The Kier molecular flexibility index (Phi) is 8.53. The topological polar surface area (TPSA) is 103 Å². The third kappa shape index (κ3) is 6.63. The summed E-state index contributed by atoms with van der Waals surface area (Å²) in [6, 6.07) is 9.95. The van der Waals surface area contributed by atoms with Crippen molar-refractivity contribution in [2.75, 3.05) is 39.1 Å².